The molecule has 1 aromatic rings. The Morgan fingerprint density at radius 1 is 1.00 bits per heavy atom. The molecule has 9 unspecified atom stereocenters. The van der Waals surface area contributed by atoms with Crippen molar-refractivity contribution in [1.82, 2.24) is 20.3 Å². The number of nitrogens with zero attached hydrogens (tertiary/aromatic N) is 1. The summed E-state index contributed by atoms with van der Waals surface area (Å²) in [5.74, 6) is 0.0937. The molecule has 0 spiro atoms. The number of rotatable bonds is 3. The molecule has 236 valence electrons. The van der Waals surface area contributed by atoms with Crippen LogP contribution >= 0.6 is 11.9 Å². The van der Waals surface area contributed by atoms with E-state index in [0.717, 1.165) is 32.4 Å². The first kappa shape index (κ1) is 31.2. The van der Waals surface area contributed by atoms with Gasteiger partial charge in [0.05, 0.1) is 12.0 Å². The first-order chi connectivity index (χ1) is 20.0. The second-order valence-electron chi connectivity index (χ2n) is 14.5. The Balaban J connectivity index is 1.35. The van der Waals surface area contributed by atoms with Crippen LogP contribution in [-0.4, -0.2) is 54.1 Å². The highest BCUT2D eigenvalue weighted by Crippen LogP contribution is 2.49. The Morgan fingerprint density at radius 2 is 1.79 bits per heavy atom. The number of aryl methyl sites for hydroxylation is 2. The highest BCUT2D eigenvalue weighted by molar-refractivity contribution is 7.98. The van der Waals surface area contributed by atoms with Gasteiger partial charge in [-0.05, 0) is 99.2 Å². The molecule has 5 aliphatic rings. The van der Waals surface area contributed by atoms with Crippen molar-refractivity contribution in [3.63, 3.8) is 0 Å². The van der Waals surface area contributed by atoms with Crippen LogP contribution < -0.4 is 15.4 Å². The van der Waals surface area contributed by atoms with Crippen molar-refractivity contribution in [3.05, 3.63) is 34.9 Å². The average molecular weight is 609 g/mol. The summed E-state index contributed by atoms with van der Waals surface area (Å²) in [7, 11) is 0. The lowest BCUT2D eigenvalue weighted by molar-refractivity contribution is -0.210. The third-order valence-electron chi connectivity index (χ3n) is 10.9. The van der Waals surface area contributed by atoms with Crippen molar-refractivity contribution < 1.29 is 17.9 Å². The zero-order valence-corrected chi connectivity index (χ0v) is 26.6. The van der Waals surface area contributed by atoms with Gasteiger partial charge in [0.25, 0.3) is 0 Å². The van der Waals surface area contributed by atoms with Gasteiger partial charge >= 0.3 is 6.18 Å². The Hall–Kier alpha value is -0.840. The molecule has 3 heterocycles. The third kappa shape index (κ3) is 6.86. The molecule has 3 aliphatic heterocycles. The van der Waals surface area contributed by atoms with Crippen LogP contribution in [0, 0.1) is 43.4 Å². The van der Waals surface area contributed by atoms with Gasteiger partial charge in [0.2, 0.25) is 0 Å². The fraction of sp³-hybridized carbons (Fsp3) is 0.818. The van der Waals surface area contributed by atoms with Gasteiger partial charge in [-0.1, -0.05) is 50.4 Å². The van der Waals surface area contributed by atoms with Gasteiger partial charge in [-0.25, -0.2) is 4.72 Å². The summed E-state index contributed by atoms with van der Waals surface area (Å²) in [6.45, 7) is 10.7. The molecular formula is C33H51F3N4OS. The number of ether oxygens (including phenoxy) is 1. The van der Waals surface area contributed by atoms with E-state index in [1.807, 2.05) is 11.9 Å². The van der Waals surface area contributed by atoms with Crippen LogP contribution in [0.2, 0.25) is 0 Å². The van der Waals surface area contributed by atoms with Gasteiger partial charge in [-0.15, -0.1) is 0 Å². The van der Waals surface area contributed by atoms with Crippen LogP contribution in [0.15, 0.2) is 18.2 Å². The molecule has 6 bridgehead atoms. The van der Waals surface area contributed by atoms with E-state index in [0.29, 0.717) is 23.5 Å². The van der Waals surface area contributed by atoms with Gasteiger partial charge < -0.3 is 4.74 Å². The number of halogens is 3. The number of piperidine rings is 1. The third-order valence-corrected chi connectivity index (χ3v) is 12.1. The standard InChI is InChI=1S/C33H51F3N4OS/c1-19(2)13-28-31-26-12-11-24(33(34,35)36)15-23(26)18-40(28)17-22-9-6-10-25(14-22)42-39-32-37-27(16-29(38-32)41-31)30-20(3)7-5-8-21(30)4/h5,7-8,19,22-29,31-32,37-39H,6,9-18H2,1-4H3/t22?,23?,24?,25?,26?,27?,28-,29?,31+,32?/m1/s1. The molecule has 3 N–H and O–H groups in total. The summed E-state index contributed by atoms with van der Waals surface area (Å²) in [6.07, 6.45) is 3.21. The summed E-state index contributed by atoms with van der Waals surface area (Å²) >= 11 is 1.86. The fourth-order valence-corrected chi connectivity index (χ4v) is 10.2. The molecule has 0 aromatic heterocycles. The number of hydrogen-bond acceptors (Lipinski definition) is 6. The normalized spacial score (nSPS) is 41.3. The van der Waals surface area contributed by atoms with Crippen molar-refractivity contribution in [2.45, 2.75) is 128 Å². The molecule has 2 aliphatic carbocycles. The van der Waals surface area contributed by atoms with Crippen LogP contribution in [0.3, 0.4) is 0 Å². The largest absolute Gasteiger partial charge is 0.391 e. The maximum atomic E-state index is 14.0. The van der Waals surface area contributed by atoms with Gasteiger partial charge in [-0.3, -0.25) is 15.5 Å². The Morgan fingerprint density at radius 3 is 2.52 bits per heavy atom. The number of fused-ring (bicyclic) bond motifs is 8. The van der Waals surface area contributed by atoms with Crippen molar-refractivity contribution in [2.75, 3.05) is 13.1 Å². The fourth-order valence-electron chi connectivity index (χ4n) is 9.05. The zero-order chi connectivity index (χ0) is 29.6. The monoisotopic (exact) mass is 608 g/mol. The minimum atomic E-state index is -4.11. The molecule has 2 saturated carbocycles. The number of benzene rings is 1. The van der Waals surface area contributed by atoms with E-state index in [4.69, 9.17) is 4.74 Å². The van der Waals surface area contributed by atoms with Crippen LogP contribution in [0.25, 0.3) is 0 Å². The number of alkyl halides is 3. The zero-order valence-electron chi connectivity index (χ0n) is 25.8. The summed E-state index contributed by atoms with van der Waals surface area (Å²) in [6, 6.07) is 6.86. The topological polar surface area (TPSA) is 48.6 Å². The van der Waals surface area contributed by atoms with Crippen molar-refractivity contribution >= 4 is 11.9 Å². The molecule has 5 nitrogen and oxygen atoms in total. The lowest BCUT2D eigenvalue weighted by Gasteiger charge is -2.54. The lowest BCUT2D eigenvalue weighted by atomic mass is 9.66. The van der Waals surface area contributed by atoms with Gasteiger partial charge in [0.1, 0.15) is 12.5 Å². The number of hydrogen-bond donors (Lipinski definition) is 3. The predicted molar refractivity (Wildman–Crippen MR) is 164 cm³/mol. The van der Waals surface area contributed by atoms with Gasteiger partial charge in [0, 0.05) is 36.8 Å². The van der Waals surface area contributed by atoms with Crippen LogP contribution in [0.4, 0.5) is 13.2 Å². The first-order valence-electron chi connectivity index (χ1n) is 16.5. The van der Waals surface area contributed by atoms with Gasteiger partial charge in [0.15, 0.2) is 0 Å². The van der Waals surface area contributed by atoms with E-state index in [-0.39, 0.29) is 55.4 Å². The first-order valence-corrected chi connectivity index (χ1v) is 17.4. The smallest absolute Gasteiger partial charge is 0.358 e. The van der Waals surface area contributed by atoms with E-state index < -0.39 is 12.1 Å². The highest BCUT2D eigenvalue weighted by Gasteiger charge is 2.52. The van der Waals surface area contributed by atoms with Crippen LogP contribution in [-0.2, 0) is 4.74 Å². The molecule has 1 aromatic carbocycles. The molecule has 3 saturated heterocycles. The Kier molecular flexibility index (Phi) is 9.55. The summed E-state index contributed by atoms with van der Waals surface area (Å²) < 4.78 is 52.9. The van der Waals surface area contributed by atoms with E-state index in [1.54, 1.807) is 0 Å². The Labute approximate surface area is 255 Å². The lowest BCUT2D eigenvalue weighted by Crippen LogP contribution is -2.65. The van der Waals surface area contributed by atoms with Crippen molar-refractivity contribution in [3.8, 4) is 0 Å². The predicted octanol–water partition coefficient (Wildman–Crippen LogP) is 7.06. The van der Waals surface area contributed by atoms with E-state index in [2.05, 4.69) is 66.1 Å². The molecule has 9 heteroatoms. The van der Waals surface area contributed by atoms with Crippen molar-refractivity contribution in [1.29, 1.82) is 0 Å². The number of nitrogens with one attached hydrogen (secondary N) is 3. The minimum absolute atomic E-state index is 0.0303. The summed E-state index contributed by atoms with van der Waals surface area (Å²) in [4.78, 5) is 2.61. The summed E-state index contributed by atoms with van der Waals surface area (Å²) in [5, 5.41) is 8.13. The SMILES string of the molecule is Cc1cccc(C)c1C1CC2NC(NSC3CCCC(C3)CN3CC4CC(C(F)(F)F)CCC4[C@H](O2)[C@H]3CC(C)C)N1. The van der Waals surface area contributed by atoms with Crippen molar-refractivity contribution in [2.24, 2.45) is 29.6 Å². The maximum absolute atomic E-state index is 14.0. The van der Waals surface area contributed by atoms with E-state index in [9.17, 15) is 13.2 Å². The molecule has 0 radical (unpaired) electrons. The summed E-state index contributed by atoms with van der Waals surface area (Å²) in [5.41, 5.74) is 3.89. The molecular weight excluding hydrogens is 557 g/mol. The van der Waals surface area contributed by atoms with E-state index >= 15 is 0 Å². The quantitative estimate of drug-likeness (QED) is 0.320. The molecule has 6 rings (SSSR count). The molecule has 42 heavy (non-hydrogen) atoms. The van der Waals surface area contributed by atoms with Crippen LogP contribution in [0.1, 0.15) is 94.4 Å². The second kappa shape index (κ2) is 12.9. The van der Waals surface area contributed by atoms with E-state index in [1.165, 1.54) is 36.0 Å². The van der Waals surface area contributed by atoms with Gasteiger partial charge in [-0.2, -0.15) is 13.2 Å². The average Bonchev–Trinajstić information content (AvgIpc) is 2.92. The maximum Gasteiger partial charge on any atom is 0.391 e. The second-order valence-corrected chi connectivity index (χ2v) is 15.6. The molecule has 0 amide bonds. The molecule has 5 fully saturated rings. The van der Waals surface area contributed by atoms with Crippen LogP contribution in [0.5, 0.6) is 0 Å². The molecule has 11 atom stereocenters. The Bertz CT molecular complexity index is 1050. The highest BCUT2D eigenvalue weighted by atomic mass is 32.2. The minimum Gasteiger partial charge on any atom is -0.358 e.